The molecule has 1 atom stereocenters. The van der Waals surface area contributed by atoms with Crippen molar-refractivity contribution < 1.29 is 9.59 Å². The predicted molar refractivity (Wildman–Crippen MR) is 105 cm³/mol. The molecule has 1 aliphatic rings. The number of primary amides is 1. The van der Waals surface area contributed by atoms with E-state index in [0.717, 1.165) is 29.3 Å². The quantitative estimate of drug-likeness (QED) is 0.730. The Morgan fingerprint density at radius 3 is 2.88 bits per heavy atom. The lowest BCUT2D eigenvalue weighted by molar-refractivity contribution is 0.1000. The number of carbonyl (C=O) groups is 2. The van der Waals surface area contributed by atoms with Crippen LogP contribution in [-0.4, -0.2) is 11.8 Å². The van der Waals surface area contributed by atoms with Crippen LogP contribution in [0.2, 0.25) is 0 Å². The Morgan fingerprint density at radius 1 is 1.40 bits per heavy atom. The summed E-state index contributed by atoms with van der Waals surface area (Å²) in [6, 6.07) is 7.17. The van der Waals surface area contributed by atoms with Crippen LogP contribution in [0.5, 0.6) is 0 Å². The number of hydrogen-bond acceptors (Lipinski definition) is 3. The van der Waals surface area contributed by atoms with E-state index in [9.17, 15) is 9.59 Å². The molecule has 1 heterocycles. The van der Waals surface area contributed by atoms with Crippen LogP contribution in [0.25, 0.3) is 0 Å². The first-order valence-corrected chi connectivity index (χ1v) is 10.1. The van der Waals surface area contributed by atoms with Crippen molar-refractivity contribution in [3.05, 3.63) is 50.3 Å². The number of fused-ring (bicyclic) bond motifs is 1. The lowest BCUT2D eigenvalue weighted by atomic mass is 9.84. The van der Waals surface area contributed by atoms with Gasteiger partial charge in [0, 0.05) is 14.9 Å². The topological polar surface area (TPSA) is 72.2 Å². The Morgan fingerprint density at radius 2 is 2.20 bits per heavy atom. The summed E-state index contributed by atoms with van der Waals surface area (Å²) in [5.41, 5.74) is 7.70. The molecule has 25 heavy (non-hydrogen) atoms. The van der Waals surface area contributed by atoms with Crippen LogP contribution in [0.4, 0.5) is 5.00 Å². The minimum atomic E-state index is -0.462. The number of rotatable bonds is 5. The molecule has 4 nitrogen and oxygen atoms in total. The minimum absolute atomic E-state index is 0.229. The summed E-state index contributed by atoms with van der Waals surface area (Å²) < 4.78 is 0.836. The molecule has 3 N–H and O–H groups in total. The molecule has 132 valence electrons. The molecule has 1 aromatic carbocycles. The summed E-state index contributed by atoms with van der Waals surface area (Å²) in [5, 5.41) is 3.48. The van der Waals surface area contributed by atoms with Gasteiger partial charge >= 0.3 is 0 Å². The van der Waals surface area contributed by atoms with Crippen molar-refractivity contribution >= 4 is 44.1 Å². The molecule has 0 saturated heterocycles. The van der Waals surface area contributed by atoms with Gasteiger partial charge in [0.1, 0.15) is 5.00 Å². The summed E-state index contributed by atoms with van der Waals surface area (Å²) >= 11 is 4.87. The number of nitrogens with two attached hydrogens (primary N) is 1. The molecular formula is C19H21BrN2O2S. The lowest BCUT2D eigenvalue weighted by Crippen LogP contribution is -2.20. The third-order valence-electron chi connectivity index (χ3n) is 4.62. The average Bonchev–Trinajstić information content (AvgIpc) is 2.92. The van der Waals surface area contributed by atoms with Crippen molar-refractivity contribution in [2.24, 2.45) is 11.7 Å². The Labute approximate surface area is 159 Å². The summed E-state index contributed by atoms with van der Waals surface area (Å²) in [6.45, 7) is 2.20. The molecule has 0 radical (unpaired) electrons. The first kappa shape index (κ1) is 18.1. The van der Waals surface area contributed by atoms with E-state index in [4.69, 9.17) is 5.73 Å². The van der Waals surface area contributed by atoms with Gasteiger partial charge in [0.25, 0.3) is 11.8 Å². The van der Waals surface area contributed by atoms with Gasteiger partial charge in [-0.05, 0) is 48.9 Å². The maximum absolute atomic E-state index is 12.5. The van der Waals surface area contributed by atoms with Gasteiger partial charge in [-0.25, -0.2) is 0 Å². The fourth-order valence-electron chi connectivity index (χ4n) is 3.46. The summed E-state index contributed by atoms with van der Waals surface area (Å²) in [7, 11) is 0. The molecular weight excluding hydrogens is 400 g/mol. The molecule has 0 aliphatic heterocycles. The first-order chi connectivity index (χ1) is 12.0. The first-order valence-electron chi connectivity index (χ1n) is 8.50. The SMILES string of the molecule is CCCC1CCc2c(sc(NC(=O)c3cccc(Br)c3)c2C(N)=O)C1. The van der Waals surface area contributed by atoms with Crippen LogP contribution in [-0.2, 0) is 12.8 Å². The third-order valence-corrected chi connectivity index (χ3v) is 6.29. The Balaban J connectivity index is 1.89. The number of thiophene rings is 1. The lowest BCUT2D eigenvalue weighted by Gasteiger charge is -2.21. The molecule has 1 unspecified atom stereocenters. The second-order valence-corrected chi connectivity index (χ2v) is 8.45. The summed E-state index contributed by atoms with van der Waals surface area (Å²) in [4.78, 5) is 25.7. The molecule has 1 aliphatic carbocycles. The van der Waals surface area contributed by atoms with E-state index in [1.54, 1.807) is 12.1 Å². The Kier molecular flexibility index (Phi) is 5.59. The van der Waals surface area contributed by atoms with Crippen molar-refractivity contribution in [3.63, 3.8) is 0 Å². The molecule has 3 rings (SSSR count). The highest BCUT2D eigenvalue weighted by atomic mass is 79.9. The summed E-state index contributed by atoms with van der Waals surface area (Å²) in [6.07, 6.45) is 5.28. The van der Waals surface area contributed by atoms with Gasteiger partial charge in [0.15, 0.2) is 0 Å². The Bertz CT molecular complexity index is 816. The van der Waals surface area contributed by atoms with E-state index in [1.807, 2.05) is 12.1 Å². The maximum Gasteiger partial charge on any atom is 0.256 e. The predicted octanol–water partition coefficient (Wildman–Crippen LogP) is 4.77. The molecule has 2 amide bonds. The van der Waals surface area contributed by atoms with E-state index in [2.05, 4.69) is 28.2 Å². The third kappa shape index (κ3) is 3.96. The number of carbonyl (C=O) groups excluding carboxylic acids is 2. The smallest absolute Gasteiger partial charge is 0.256 e. The van der Waals surface area contributed by atoms with Crippen LogP contribution < -0.4 is 11.1 Å². The van der Waals surface area contributed by atoms with Crippen LogP contribution in [0, 0.1) is 5.92 Å². The van der Waals surface area contributed by atoms with E-state index in [1.165, 1.54) is 29.1 Å². The van der Waals surface area contributed by atoms with E-state index < -0.39 is 5.91 Å². The highest BCUT2D eigenvalue weighted by molar-refractivity contribution is 9.10. The number of nitrogens with one attached hydrogen (secondary N) is 1. The zero-order valence-corrected chi connectivity index (χ0v) is 16.5. The number of hydrogen-bond donors (Lipinski definition) is 2. The largest absolute Gasteiger partial charge is 0.365 e. The zero-order chi connectivity index (χ0) is 18.0. The fourth-order valence-corrected chi connectivity index (χ4v) is 5.22. The van der Waals surface area contributed by atoms with Crippen LogP contribution >= 0.6 is 27.3 Å². The van der Waals surface area contributed by atoms with Crippen LogP contribution in [0.3, 0.4) is 0 Å². The van der Waals surface area contributed by atoms with Gasteiger partial charge in [0.05, 0.1) is 5.56 Å². The van der Waals surface area contributed by atoms with Crippen molar-refractivity contribution in [3.8, 4) is 0 Å². The van der Waals surface area contributed by atoms with Gasteiger partial charge in [-0.15, -0.1) is 11.3 Å². The number of halogens is 1. The molecule has 0 saturated carbocycles. The highest BCUT2D eigenvalue weighted by Crippen LogP contribution is 2.40. The van der Waals surface area contributed by atoms with Crippen molar-refractivity contribution in [2.75, 3.05) is 5.32 Å². The van der Waals surface area contributed by atoms with E-state index in [0.29, 0.717) is 22.0 Å². The van der Waals surface area contributed by atoms with Gasteiger partial charge in [-0.3, -0.25) is 9.59 Å². The normalized spacial score (nSPS) is 16.3. The van der Waals surface area contributed by atoms with Gasteiger partial charge in [-0.1, -0.05) is 41.8 Å². The van der Waals surface area contributed by atoms with Crippen molar-refractivity contribution in [1.29, 1.82) is 0 Å². The second kappa shape index (κ2) is 7.70. The standard InChI is InChI=1S/C19H21BrN2O2S/c1-2-4-11-7-8-14-15(9-11)25-19(16(14)17(21)23)22-18(24)12-5-3-6-13(20)10-12/h3,5-6,10-11H,2,4,7-9H2,1H3,(H2,21,23)(H,22,24). The van der Waals surface area contributed by atoms with Gasteiger partial charge < -0.3 is 11.1 Å². The highest BCUT2D eigenvalue weighted by Gasteiger charge is 2.28. The molecule has 2 aromatic rings. The summed E-state index contributed by atoms with van der Waals surface area (Å²) in [5.74, 6) is -0.0333. The molecule has 0 bridgehead atoms. The minimum Gasteiger partial charge on any atom is -0.365 e. The van der Waals surface area contributed by atoms with E-state index >= 15 is 0 Å². The number of amides is 2. The molecule has 6 heteroatoms. The van der Waals surface area contributed by atoms with Crippen molar-refractivity contribution in [1.82, 2.24) is 0 Å². The molecule has 0 spiro atoms. The van der Waals surface area contributed by atoms with Crippen LogP contribution in [0.1, 0.15) is 57.3 Å². The fraction of sp³-hybridized carbons (Fsp3) is 0.368. The number of benzene rings is 1. The Hall–Kier alpha value is -1.66. The van der Waals surface area contributed by atoms with E-state index in [-0.39, 0.29) is 5.91 Å². The van der Waals surface area contributed by atoms with Crippen LogP contribution in [0.15, 0.2) is 28.7 Å². The van der Waals surface area contributed by atoms with Crippen molar-refractivity contribution in [2.45, 2.75) is 39.0 Å². The zero-order valence-electron chi connectivity index (χ0n) is 14.1. The molecule has 0 fully saturated rings. The van der Waals surface area contributed by atoms with Gasteiger partial charge in [0.2, 0.25) is 0 Å². The monoisotopic (exact) mass is 420 g/mol. The van der Waals surface area contributed by atoms with Gasteiger partial charge in [-0.2, -0.15) is 0 Å². The average molecular weight is 421 g/mol. The number of anilines is 1. The maximum atomic E-state index is 12.5. The second-order valence-electron chi connectivity index (χ2n) is 6.43. The molecule has 1 aromatic heterocycles.